The molecule has 0 heterocycles. The highest BCUT2D eigenvalue weighted by molar-refractivity contribution is 5.95. The van der Waals surface area contributed by atoms with E-state index in [-0.39, 0.29) is 35.8 Å². The molecule has 0 bridgehead atoms. The fourth-order valence-electron chi connectivity index (χ4n) is 1.42. The van der Waals surface area contributed by atoms with Crippen molar-refractivity contribution in [2.24, 2.45) is 0 Å². The number of nitro groups is 1. The average Bonchev–Trinajstić information content (AvgIpc) is 2.43. The van der Waals surface area contributed by atoms with E-state index in [9.17, 15) is 14.9 Å². The fourth-order valence-corrected chi connectivity index (χ4v) is 1.42. The first-order valence-corrected chi connectivity index (χ1v) is 5.77. The van der Waals surface area contributed by atoms with Crippen LogP contribution in [0.3, 0.4) is 0 Å². The van der Waals surface area contributed by atoms with Gasteiger partial charge in [-0.05, 0) is 20.0 Å². The Hall–Kier alpha value is -1.86. The molecule has 1 aromatic rings. The second-order valence-corrected chi connectivity index (χ2v) is 4.04. The summed E-state index contributed by atoms with van der Waals surface area (Å²) in [5.41, 5.74) is 0.161. The summed E-state index contributed by atoms with van der Waals surface area (Å²) in [6.07, 6.45) is 0. The van der Waals surface area contributed by atoms with Crippen LogP contribution in [0, 0.1) is 10.1 Å². The van der Waals surface area contributed by atoms with Gasteiger partial charge >= 0.3 is 5.69 Å². The van der Waals surface area contributed by atoms with Gasteiger partial charge in [0.05, 0.1) is 12.0 Å². The van der Waals surface area contributed by atoms with Crippen LogP contribution in [0.25, 0.3) is 0 Å². The molecule has 8 heteroatoms. The van der Waals surface area contributed by atoms with Crippen LogP contribution in [0.1, 0.15) is 17.3 Å². The maximum Gasteiger partial charge on any atom is 0.310 e. The van der Waals surface area contributed by atoms with Crippen LogP contribution < -0.4 is 15.4 Å². The molecular formula is C12H18ClN3O4. The Morgan fingerprint density at radius 1 is 1.50 bits per heavy atom. The first kappa shape index (κ1) is 18.1. The van der Waals surface area contributed by atoms with Gasteiger partial charge in [0.2, 0.25) is 0 Å². The number of carbonyl (C=O) groups is 1. The van der Waals surface area contributed by atoms with E-state index in [1.165, 1.54) is 25.3 Å². The number of nitrogens with one attached hydrogen (secondary N) is 2. The summed E-state index contributed by atoms with van der Waals surface area (Å²) >= 11 is 0. The number of likely N-dealkylation sites (N-methyl/N-ethyl adjacent to an activating group) is 1. The molecule has 1 rings (SSSR count). The van der Waals surface area contributed by atoms with E-state index >= 15 is 0 Å². The second kappa shape index (κ2) is 8.34. The Balaban J connectivity index is 0.00000361. The normalized spacial score (nSPS) is 11.2. The van der Waals surface area contributed by atoms with Crippen molar-refractivity contribution in [3.63, 3.8) is 0 Å². The number of amides is 1. The standard InChI is InChI=1S/C12H17N3O4.ClH/c1-8(13-2)7-14-12(16)9-4-5-10(15(17)18)11(6-9)19-3;/h4-6,8,13H,7H2,1-3H3,(H,14,16);1H. The maximum atomic E-state index is 11.9. The summed E-state index contributed by atoms with van der Waals surface area (Å²) in [5.74, 6) is -0.227. The van der Waals surface area contributed by atoms with E-state index in [1.54, 1.807) is 7.05 Å². The van der Waals surface area contributed by atoms with Gasteiger partial charge in [-0.2, -0.15) is 0 Å². The van der Waals surface area contributed by atoms with Crippen molar-refractivity contribution in [2.45, 2.75) is 13.0 Å². The van der Waals surface area contributed by atoms with Crippen molar-refractivity contribution in [3.05, 3.63) is 33.9 Å². The van der Waals surface area contributed by atoms with Crippen molar-refractivity contribution in [1.82, 2.24) is 10.6 Å². The third-order valence-electron chi connectivity index (χ3n) is 2.70. The quantitative estimate of drug-likeness (QED) is 0.611. The van der Waals surface area contributed by atoms with Crippen LogP contribution >= 0.6 is 12.4 Å². The van der Waals surface area contributed by atoms with Crippen molar-refractivity contribution in [1.29, 1.82) is 0 Å². The smallest absolute Gasteiger partial charge is 0.310 e. The van der Waals surface area contributed by atoms with Crippen molar-refractivity contribution >= 4 is 24.0 Å². The number of halogens is 1. The van der Waals surface area contributed by atoms with Gasteiger partial charge in [-0.3, -0.25) is 14.9 Å². The number of rotatable bonds is 6. The van der Waals surface area contributed by atoms with Gasteiger partial charge in [0, 0.05) is 30.3 Å². The van der Waals surface area contributed by atoms with Crippen LogP contribution in [0.15, 0.2) is 18.2 Å². The molecular weight excluding hydrogens is 286 g/mol. The number of methoxy groups -OCH3 is 1. The lowest BCUT2D eigenvalue weighted by molar-refractivity contribution is -0.385. The van der Waals surface area contributed by atoms with Gasteiger partial charge < -0.3 is 15.4 Å². The minimum Gasteiger partial charge on any atom is -0.490 e. The van der Waals surface area contributed by atoms with Crippen LogP contribution in [0.2, 0.25) is 0 Å². The third-order valence-corrected chi connectivity index (χ3v) is 2.70. The fraction of sp³-hybridized carbons (Fsp3) is 0.417. The predicted molar refractivity (Wildman–Crippen MR) is 77.8 cm³/mol. The molecule has 0 radical (unpaired) electrons. The SMILES string of the molecule is CNC(C)CNC(=O)c1ccc([N+](=O)[O-])c(OC)c1.Cl. The molecule has 0 saturated heterocycles. The number of nitrogens with zero attached hydrogens (tertiary/aromatic N) is 1. The lowest BCUT2D eigenvalue weighted by Gasteiger charge is -2.11. The van der Waals surface area contributed by atoms with E-state index in [0.717, 1.165) is 0 Å². The zero-order valence-electron chi connectivity index (χ0n) is 11.5. The second-order valence-electron chi connectivity index (χ2n) is 4.04. The largest absolute Gasteiger partial charge is 0.490 e. The average molecular weight is 304 g/mol. The van der Waals surface area contributed by atoms with Gasteiger partial charge in [-0.25, -0.2) is 0 Å². The Morgan fingerprint density at radius 2 is 2.15 bits per heavy atom. The Bertz CT molecular complexity index is 482. The third kappa shape index (κ3) is 4.67. The molecule has 7 nitrogen and oxygen atoms in total. The van der Waals surface area contributed by atoms with Crippen molar-refractivity contribution in [2.75, 3.05) is 20.7 Å². The topological polar surface area (TPSA) is 93.5 Å². The maximum absolute atomic E-state index is 11.9. The van der Waals surface area contributed by atoms with Gasteiger partial charge in [-0.15, -0.1) is 12.4 Å². The molecule has 0 aliphatic heterocycles. The molecule has 0 aromatic heterocycles. The lowest BCUT2D eigenvalue weighted by atomic mass is 10.1. The highest BCUT2D eigenvalue weighted by atomic mass is 35.5. The predicted octanol–water partition coefficient (Wildman–Crippen LogP) is 1.36. The van der Waals surface area contributed by atoms with Gasteiger partial charge in [-0.1, -0.05) is 0 Å². The minimum absolute atomic E-state index is 0. The van der Waals surface area contributed by atoms with Crippen LogP contribution in [-0.4, -0.2) is 37.6 Å². The monoisotopic (exact) mass is 303 g/mol. The summed E-state index contributed by atoms with van der Waals surface area (Å²) in [5, 5.41) is 16.4. The summed E-state index contributed by atoms with van der Waals surface area (Å²) in [6, 6.07) is 4.16. The molecule has 1 unspecified atom stereocenters. The molecule has 20 heavy (non-hydrogen) atoms. The van der Waals surface area contributed by atoms with E-state index in [0.29, 0.717) is 12.1 Å². The van der Waals surface area contributed by atoms with E-state index in [2.05, 4.69) is 10.6 Å². The molecule has 1 amide bonds. The highest BCUT2D eigenvalue weighted by Gasteiger charge is 2.17. The zero-order valence-corrected chi connectivity index (χ0v) is 12.3. The number of ether oxygens (including phenoxy) is 1. The summed E-state index contributed by atoms with van der Waals surface area (Å²) in [7, 11) is 3.12. The molecule has 0 aliphatic carbocycles. The molecule has 2 N–H and O–H groups in total. The highest BCUT2D eigenvalue weighted by Crippen LogP contribution is 2.27. The number of carbonyl (C=O) groups excluding carboxylic acids is 1. The number of hydrogen-bond donors (Lipinski definition) is 2. The Morgan fingerprint density at radius 3 is 2.65 bits per heavy atom. The van der Waals surface area contributed by atoms with E-state index < -0.39 is 4.92 Å². The Kier molecular flexibility index (Phi) is 7.56. The van der Waals surface area contributed by atoms with Gasteiger partial charge in [0.1, 0.15) is 0 Å². The zero-order chi connectivity index (χ0) is 14.4. The Labute approximate surface area is 123 Å². The van der Waals surface area contributed by atoms with Crippen LogP contribution in [0.4, 0.5) is 5.69 Å². The molecule has 0 spiro atoms. The van der Waals surface area contributed by atoms with Gasteiger partial charge in [0.15, 0.2) is 5.75 Å². The minimum atomic E-state index is -0.552. The molecule has 0 saturated carbocycles. The van der Waals surface area contributed by atoms with Crippen LogP contribution in [-0.2, 0) is 0 Å². The summed E-state index contributed by atoms with van der Waals surface area (Å²) in [6.45, 7) is 2.39. The molecule has 1 atom stereocenters. The molecule has 112 valence electrons. The first-order valence-electron chi connectivity index (χ1n) is 5.77. The first-order chi connectivity index (χ1) is 8.99. The van der Waals surface area contributed by atoms with Crippen molar-refractivity contribution < 1.29 is 14.5 Å². The number of nitro benzene ring substituents is 1. The van der Waals surface area contributed by atoms with E-state index in [1.807, 2.05) is 6.92 Å². The molecule has 0 fully saturated rings. The molecule has 1 aromatic carbocycles. The molecule has 0 aliphatic rings. The van der Waals surface area contributed by atoms with Gasteiger partial charge in [0.25, 0.3) is 5.91 Å². The number of hydrogen-bond acceptors (Lipinski definition) is 5. The van der Waals surface area contributed by atoms with Crippen molar-refractivity contribution in [3.8, 4) is 5.75 Å². The van der Waals surface area contributed by atoms with E-state index in [4.69, 9.17) is 4.74 Å². The number of benzene rings is 1. The lowest BCUT2D eigenvalue weighted by Crippen LogP contribution is -2.37. The summed E-state index contributed by atoms with van der Waals surface area (Å²) < 4.78 is 4.91. The van der Waals surface area contributed by atoms with Crippen LogP contribution in [0.5, 0.6) is 5.75 Å². The summed E-state index contributed by atoms with van der Waals surface area (Å²) in [4.78, 5) is 22.0.